The minimum atomic E-state index is -0.302. The number of hydrogen-bond acceptors (Lipinski definition) is 4. The first-order chi connectivity index (χ1) is 13.1. The number of carbonyl (C=O) groups is 2. The predicted molar refractivity (Wildman–Crippen MR) is 107 cm³/mol. The summed E-state index contributed by atoms with van der Waals surface area (Å²) >= 11 is 7.05. The largest absolute Gasteiger partial charge is 0.325 e. The summed E-state index contributed by atoms with van der Waals surface area (Å²) in [6.07, 6.45) is 0.214. The minimum absolute atomic E-state index is 0.0643. The van der Waals surface area contributed by atoms with E-state index in [4.69, 9.17) is 11.6 Å². The monoisotopic (exact) mass is 397 g/mol. The van der Waals surface area contributed by atoms with Crippen molar-refractivity contribution in [3.63, 3.8) is 0 Å². The Balaban J connectivity index is 1.73. The molecule has 1 aliphatic rings. The van der Waals surface area contributed by atoms with Crippen molar-refractivity contribution >= 4 is 40.9 Å². The number of nitriles is 1. The Hall–Kier alpha value is -2.75. The van der Waals surface area contributed by atoms with Crippen LogP contribution in [0.1, 0.15) is 17.9 Å². The smallest absolute Gasteiger partial charge is 0.234 e. The summed E-state index contributed by atoms with van der Waals surface area (Å²) in [4.78, 5) is 24.3. The van der Waals surface area contributed by atoms with E-state index in [1.165, 1.54) is 0 Å². The minimum Gasteiger partial charge on any atom is -0.325 e. The summed E-state index contributed by atoms with van der Waals surface area (Å²) in [7, 11) is 0. The van der Waals surface area contributed by atoms with Crippen molar-refractivity contribution < 1.29 is 9.59 Å². The summed E-state index contributed by atoms with van der Waals surface area (Å²) in [6.45, 7) is 0. The Kier molecular flexibility index (Phi) is 6.17. The van der Waals surface area contributed by atoms with Crippen molar-refractivity contribution in [1.82, 2.24) is 5.32 Å². The maximum Gasteiger partial charge on any atom is 0.234 e. The highest BCUT2D eigenvalue weighted by Crippen LogP contribution is 2.35. The fourth-order valence-electron chi connectivity index (χ4n) is 2.80. The molecule has 2 amide bonds. The molecule has 0 saturated heterocycles. The number of nitrogens with one attached hydrogen (secondary N) is 2. The Morgan fingerprint density at radius 2 is 2.04 bits per heavy atom. The molecule has 1 aliphatic heterocycles. The van der Waals surface area contributed by atoms with Crippen LogP contribution < -0.4 is 10.6 Å². The normalized spacial score (nSPS) is 16.4. The lowest BCUT2D eigenvalue weighted by atomic mass is 9.87. The quantitative estimate of drug-likeness (QED) is 0.797. The van der Waals surface area contributed by atoms with Crippen LogP contribution in [0.4, 0.5) is 5.69 Å². The van der Waals surface area contributed by atoms with Gasteiger partial charge in [0, 0.05) is 23.0 Å². The zero-order valence-corrected chi connectivity index (χ0v) is 15.8. The van der Waals surface area contributed by atoms with Gasteiger partial charge in [-0.1, -0.05) is 59.8 Å². The summed E-state index contributed by atoms with van der Waals surface area (Å²) in [6, 6.07) is 18.5. The van der Waals surface area contributed by atoms with Crippen molar-refractivity contribution in [2.24, 2.45) is 0 Å². The number of rotatable bonds is 5. The Labute approximate surface area is 166 Å². The fourth-order valence-corrected chi connectivity index (χ4v) is 3.87. The summed E-state index contributed by atoms with van der Waals surface area (Å²) in [5.74, 6) is -0.651. The van der Waals surface area contributed by atoms with Crippen LogP contribution in [0.25, 0.3) is 0 Å². The molecule has 27 heavy (non-hydrogen) atoms. The number of allylic oxidation sites excluding steroid dienone is 1. The number of hydrogen-bond donors (Lipinski definition) is 2. The van der Waals surface area contributed by atoms with Gasteiger partial charge in [0.25, 0.3) is 0 Å². The molecular formula is C20H16ClN3O2S. The highest BCUT2D eigenvalue weighted by atomic mass is 35.5. The number of amides is 2. The lowest BCUT2D eigenvalue weighted by Crippen LogP contribution is -2.31. The molecule has 3 rings (SSSR count). The molecular weight excluding hydrogens is 382 g/mol. The Morgan fingerprint density at radius 3 is 2.74 bits per heavy atom. The van der Waals surface area contributed by atoms with E-state index < -0.39 is 0 Å². The molecule has 2 aromatic rings. The van der Waals surface area contributed by atoms with Crippen LogP contribution in [-0.4, -0.2) is 17.6 Å². The number of halogens is 1. The first-order valence-electron chi connectivity index (χ1n) is 8.24. The molecule has 0 aromatic heterocycles. The van der Waals surface area contributed by atoms with Crippen LogP contribution in [0.5, 0.6) is 0 Å². The first-order valence-corrected chi connectivity index (χ1v) is 9.60. The standard InChI is InChI=1S/C20H16ClN3O2S/c21-14-7-4-8-15(9-14)23-19(26)12-27-20-17(11-22)16(10-18(25)24-20)13-5-2-1-3-6-13/h1-9,16H,10,12H2,(H,23,26)(H,24,25)/t16-/m0/s1. The topological polar surface area (TPSA) is 82.0 Å². The second kappa shape index (κ2) is 8.76. The molecule has 5 nitrogen and oxygen atoms in total. The Bertz CT molecular complexity index is 938. The van der Waals surface area contributed by atoms with Gasteiger partial charge in [-0.25, -0.2) is 0 Å². The number of benzene rings is 2. The van der Waals surface area contributed by atoms with Gasteiger partial charge in [0.15, 0.2) is 0 Å². The van der Waals surface area contributed by atoms with Crippen LogP contribution in [0.2, 0.25) is 5.02 Å². The second-order valence-corrected chi connectivity index (χ2v) is 7.34. The lowest BCUT2D eigenvalue weighted by Gasteiger charge is -2.25. The van der Waals surface area contributed by atoms with E-state index in [0.29, 0.717) is 21.3 Å². The molecule has 7 heteroatoms. The van der Waals surface area contributed by atoms with Gasteiger partial charge in [-0.2, -0.15) is 5.26 Å². The van der Waals surface area contributed by atoms with Gasteiger partial charge in [0.1, 0.15) is 0 Å². The lowest BCUT2D eigenvalue weighted by molar-refractivity contribution is -0.121. The van der Waals surface area contributed by atoms with E-state index in [2.05, 4.69) is 16.7 Å². The zero-order valence-electron chi connectivity index (χ0n) is 14.2. The van der Waals surface area contributed by atoms with Gasteiger partial charge < -0.3 is 10.6 Å². The van der Waals surface area contributed by atoms with Crippen LogP contribution in [-0.2, 0) is 9.59 Å². The van der Waals surface area contributed by atoms with E-state index in [1.54, 1.807) is 24.3 Å². The average molecular weight is 398 g/mol. The fraction of sp³-hybridized carbons (Fsp3) is 0.150. The maximum absolute atomic E-state index is 12.2. The summed E-state index contributed by atoms with van der Waals surface area (Å²) in [5, 5.41) is 16.1. The molecule has 0 fully saturated rings. The van der Waals surface area contributed by atoms with E-state index in [9.17, 15) is 14.9 Å². The van der Waals surface area contributed by atoms with E-state index in [-0.39, 0.29) is 29.9 Å². The number of carbonyl (C=O) groups excluding carboxylic acids is 2. The van der Waals surface area contributed by atoms with Crippen LogP contribution in [0.3, 0.4) is 0 Å². The molecule has 0 saturated carbocycles. The highest BCUT2D eigenvalue weighted by molar-refractivity contribution is 8.03. The predicted octanol–water partition coefficient (Wildman–Crippen LogP) is 4.05. The van der Waals surface area contributed by atoms with Crippen LogP contribution in [0.15, 0.2) is 65.2 Å². The van der Waals surface area contributed by atoms with Gasteiger partial charge in [0.05, 0.1) is 22.4 Å². The molecule has 0 radical (unpaired) electrons. The van der Waals surface area contributed by atoms with Gasteiger partial charge in [0.2, 0.25) is 11.8 Å². The van der Waals surface area contributed by atoms with E-state index >= 15 is 0 Å². The SMILES string of the molecule is N#CC1=C(SCC(=O)Nc2cccc(Cl)c2)NC(=O)C[C@H]1c1ccccc1. The third-order valence-electron chi connectivity index (χ3n) is 4.01. The molecule has 2 N–H and O–H groups in total. The van der Waals surface area contributed by atoms with Gasteiger partial charge in [-0.05, 0) is 23.8 Å². The summed E-state index contributed by atoms with van der Waals surface area (Å²) < 4.78 is 0. The van der Waals surface area contributed by atoms with Crippen LogP contribution >= 0.6 is 23.4 Å². The number of thioether (sulfide) groups is 1. The van der Waals surface area contributed by atoms with Gasteiger partial charge >= 0.3 is 0 Å². The molecule has 0 aliphatic carbocycles. The van der Waals surface area contributed by atoms with Crippen LogP contribution in [0, 0.1) is 11.3 Å². The van der Waals surface area contributed by atoms with Gasteiger partial charge in [-0.3, -0.25) is 9.59 Å². The molecule has 136 valence electrons. The van der Waals surface area contributed by atoms with E-state index in [0.717, 1.165) is 17.3 Å². The van der Waals surface area contributed by atoms with Gasteiger partial charge in [-0.15, -0.1) is 0 Å². The Morgan fingerprint density at radius 1 is 1.26 bits per heavy atom. The van der Waals surface area contributed by atoms with E-state index in [1.807, 2.05) is 30.3 Å². The summed E-state index contributed by atoms with van der Waals surface area (Å²) in [5.41, 5.74) is 1.98. The molecule has 0 unspecified atom stereocenters. The molecule has 1 heterocycles. The maximum atomic E-state index is 12.2. The van der Waals surface area contributed by atoms with Crippen molar-refractivity contribution in [2.75, 3.05) is 11.1 Å². The molecule has 2 aromatic carbocycles. The van der Waals surface area contributed by atoms with Crippen molar-refractivity contribution in [2.45, 2.75) is 12.3 Å². The number of anilines is 1. The average Bonchev–Trinajstić information content (AvgIpc) is 2.66. The number of nitrogens with zero attached hydrogens (tertiary/aromatic N) is 1. The molecule has 0 spiro atoms. The van der Waals surface area contributed by atoms with Crippen molar-refractivity contribution in [1.29, 1.82) is 5.26 Å². The first kappa shape index (κ1) is 19.0. The third-order valence-corrected chi connectivity index (χ3v) is 5.27. The van der Waals surface area contributed by atoms with Crippen molar-refractivity contribution in [3.05, 3.63) is 75.8 Å². The zero-order chi connectivity index (χ0) is 19.2. The molecule has 1 atom stereocenters. The third kappa shape index (κ3) is 4.91. The highest BCUT2D eigenvalue weighted by Gasteiger charge is 2.29. The van der Waals surface area contributed by atoms with Crippen molar-refractivity contribution in [3.8, 4) is 6.07 Å². The second-order valence-electron chi connectivity index (χ2n) is 5.92. The molecule has 0 bridgehead atoms.